The lowest BCUT2D eigenvalue weighted by atomic mass is 10.2. The van der Waals surface area contributed by atoms with Crippen molar-refractivity contribution < 1.29 is 13.2 Å². The molecule has 0 spiro atoms. The Labute approximate surface area is 115 Å². The van der Waals surface area contributed by atoms with E-state index in [1.165, 1.54) is 7.05 Å². The van der Waals surface area contributed by atoms with Crippen molar-refractivity contribution in [2.24, 2.45) is 5.92 Å². The Morgan fingerprint density at radius 3 is 2.37 bits per heavy atom. The van der Waals surface area contributed by atoms with Gasteiger partial charge in [0.05, 0.1) is 11.5 Å². The Bertz CT molecular complexity index is 469. The summed E-state index contributed by atoms with van der Waals surface area (Å²) < 4.78 is 30.8. The van der Waals surface area contributed by atoms with Crippen molar-refractivity contribution in [2.75, 3.05) is 32.1 Å². The predicted octanol–water partition coefficient (Wildman–Crippen LogP) is 1.68. The van der Waals surface area contributed by atoms with E-state index in [1.807, 2.05) is 0 Å². The van der Waals surface area contributed by atoms with E-state index in [9.17, 15) is 8.42 Å². The fourth-order valence-corrected chi connectivity index (χ4v) is 2.19. The fourth-order valence-electron chi connectivity index (χ4n) is 1.46. The fraction of sp³-hybridized carbons (Fsp3) is 0.538. The third-order valence-electron chi connectivity index (χ3n) is 2.46. The standard InChI is InChI=1S/C13H22N2O3S/c1-11(2)10-18-9-8-15-12-4-6-13(7-5-12)19(16,17)14-3/h4-7,11,14-15H,8-10H2,1-3H3. The molecule has 0 fully saturated rings. The summed E-state index contributed by atoms with van der Waals surface area (Å²) in [4.78, 5) is 0.261. The zero-order chi connectivity index (χ0) is 14.3. The number of anilines is 1. The number of nitrogens with one attached hydrogen (secondary N) is 2. The summed E-state index contributed by atoms with van der Waals surface area (Å²) in [6, 6.07) is 6.63. The van der Waals surface area contributed by atoms with E-state index in [0.29, 0.717) is 19.1 Å². The molecule has 1 aromatic carbocycles. The minimum Gasteiger partial charge on any atom is -0.383 e. The molecule has 0 atom stereocenters. The molecule has 0 aliphatic heterocycles. The van der Waals surface area contributed by atoms with Gasteiger partial charge in [0.2, 0.25) is 10.0 Å². The van der Waals surface area contributed by atoms with Crippen LogP contribution in [0.25, 0.3) is 0 Å². The summed E-state index contributed by atoms with van der Waals surface area (Å²) in [6.45, 7) is 6.29. The molecule has 0 radical (unpaired) electrons. The van der Waals surface area contributed by atoms with Crippen LogP contribution in [0.2, 0.25) is 0 Å². The first-order chi connectivity index (χ1) is 8.95. The molecule has 2 N–H and O–H groups in total. The number of hydrogen-bond acceptors (Lipinski definition) is 4. The van der Waals surface area contributed by atoms with Gasteiger partial charge in [-0.25, -0.2) is 13.1 Å². The highest BCUT2D eigenvalue weighted by atomic mass is 32.2. The zero-order valence-electron chi connectivity index (χ0n) is 11.6. The first-order valence-electron chi connectivity index (χ1n) is 6.31. The maximum absolute atomic E-state index is 11.5. The van der Waals surface area contributed by atoms with Crippen molar-refractivity contribution in [3.05, 3.63) is 24.3 Å². The van der Waals surface area contributed by atoms with Crippen LogP contribution >= 0.6 is 0 Å². The van der Waals surface area contributed by atoms with Crippen LogP contribution in [0.3, 0.4) is 0 Å². The molecule has 0 heterocycles. The van der Waals surface area contributed by atoms with Gasteiger partial charge in [-0.3, -0.25) is 0 Å². The lowest BCUT2D eigenvalue weighted by molar-refractivity contribution is 0.118. The van der Waals surface area contributed by atoms with Gasteiger partial charge in [0.15, 0.2) is 0 Å². The number of sulfonamides is 1. The van der Waals surface area contributed by atoms with Gasteiger partial charge in [0, 0.05) is 18.8 Å². The predicted molar refractivity (Wildman–Crippen MR) is 76.8 cm³/mol. The molecule has 108 valence electrons. The second-order valence-electron chi connectivity index (χ2n) is 4.63. The van der Waals surface area contributed by atoms with Gasteiger partial charge in [-0.2, -0.15) is 0 Å². The van der Waals surface area contributed by atoms with Crippen LogP contribution in [0.4, 0.5) is 5.69 Å². The molecule has 0 bridgehead atoms. The Hall–Kier alpha value is -1.11. The van der Waals surface area contributed by atoms with Gasteiger partial charge in [-0.15, -0.1) is 0 Å². The highest BCUT2D eigenvalue weighted by molar-refractivity contribution is 7.89. The molecule has 0 saturated carbocycles. The van der Waals surface area contributed by atoms with Crippen molar-refractivity contribution in [3.63, 3.8) is 0 Å². The Morgan fingerprint density at radius 1 is 1.21 bits per heavy atom. The quantitative estimate of drug-likeness (QED) is 0.714. The van der Waals surface area contributed by atoms with Crippen molar-refractivity contribution in [3.8, 4) is 0 Å². The zero-order valence-corrected chi connectivity index (χ0v) is 12.5. The highest BCUT2D eigenvalue weighted by Gasteiger charge is 2.09. The normalized spacial score (nSPS) is 11.8. The van der Waals surface area contributed by atoms with Crippen LogP contribution in [-0.4, -0.2) is 35.2 Å². The minimum absolute atomic E-state index is 0.261. The molecule has 0 aromatic heterocycles. The Balaban J connectivity index is 2.41. The summed E-state index contributed by atoms with van der Waals surface area (Å²) in [7, 11) is -1.96. The molecule has 0 aliphatic carbocycles. The van der Waals surface area contributed by atoms with Gasteiger partial charge >= 0.3 is 0 Å². The minimum atomic E-state index is -3.36. The van der Waals surface area contributed by atoms with E-state index >= 15 is 0 Å². The van der Waals surface area contributed by atoms with Gasteiger partial charge in [-0.05, 0) is 37.2 Å². The van der Waals surface area contributed by atoms with Crippen LogP contribution in [-0.2, 0) is 14.8 Å². The van der Waals surface area contributed by atoms with Crippen LogP contribution < -0.4 is 10.0 Å². The van der Waals surface area contributed by atoms with E-state index in [0.717, 1.165) is 12.3 Å². The van der Waals surface area contributed by atoms with Crippen molar-refractivity contribution in [1.29, 1.82) is 0 Å². The van der Waals surface area contributed by atoms with Crippen LogP contribution in [0.5, 0.6) is 0 Å². The largest absolute Gasteiger partial charge is 0.383 e. The highest BCUT2D eigenvalue weighted by Crippen LogP contribution is 2.13. The number of benzene rings is 1. The van der Waals surface area contributed by atoms with E-state index < -0.39 is 10.0 Å². The maximum Gasteiger partial charge on any atom is 0.240 e. The molecular weight excluding hydrogens is 264 g/mol. The van der Waals surface area contributed by atoms with E-state index in [4.69, 9.17) is 4.74 Å². The van der Waals surface area contributed by atoms with Crippen molar-refractivity contribution >= 4 is 15.7 Å². The summed E-state index contributed by atoms with van der Waals surface area (Å²) in [5.41, 5.74) is 0.878. The van der Waals surface area contributed by atoms with Gasteiger partial charge in [-0.1, -0.05) is 13.8 Å². The topological polar surface area (TPSA) is 67.4 Å². The molecular formula is C13H22N2O3S. The van der Waals surface area contributed by atoms with Gasteiger partial charge in [0.25, 0.3) is 0 Å². The monoisotopic (exact) mass is 286 g/mol. The third kappa shape index (κ3) is 5.59. The molecule has 1 rings (SSSR count). The molecule has 0 saturated heterocycles. The van der Waals surface area contributed by atoms with E-state index in [1.54, 1.807) is 24.3 Å². The number of hydrogen-bond donors (Lipinski definition) is 2. The molecule has 1 aromatic rings. The molecule has 0 unspecified atom stereocenters. The summed E-state index contributed by atoms with van der Waals surface area (Å²) >= 11 is 0. The van der Waals surface area contributed by atoms with Crippen molar-refractivity contribution in [2.45, 2.75) is 18.7 Å². The summed E-state index contributed by atoms with van der Waals surface area (Å²) in [5, 5.41) is 3.17. The average Bonchev–Trinajstić information content (AvgIpc) is 2.38. The van der Waals surface area contributed by atoms with Gasteiger partial charge in [0.1, 0.15) is 0 Å². The third-order valence-corrected chi connectivity index (χ3v) is 3.89. The van der Waals surface area contributed by atoms with E-state index in [-0.39, 0.29) is 4.90 Å². The van der Waals surface area contributed by atoms with Gasteiger partial charge < -0.3 is 10.1 Å². The van der Waals surface area contributed by atoms with Crippen LogP contribution in [0, 0.1) is 5.92 Å². The molecule has 0 amide bonds. The second kappa shape index (κ2) is 7.47. The summed E-state index contributed by atoms with van der Waals surface area (Å²) in [6.07, 6.45) is 0. The maximum atomic E-state index is 11.5. The number of rotatable bonds is 8. The Morgan fingerprint density at radius 2 is 1.84 bits per heavy atom. The smallest absolute Gasteiger partial charge is 0.240 e. The van der Waals surface area contributed by atoms with Crippen molar-refractivity contribution in [1.82, 2.24) is 4.72 Å². The Kier molecular flexibility index (Phi) is 6.27. The SMILES string of the molecule is CNS(=O)(=O)c1ccc(NCCOCC(C)C)cc1. The van der Waals surface area contributed by atoms with E-state index in [2.05, 4.69) is 23.9 Å². The number of ether oxygens (including phenoxy) is 1. The van der Waals surface area contributed by atoms with Crippen LogP contribution in [0.1, 0.15) is 13.8 Å². The lowest BCUT2D eigenvalue weighted by Gasteiger charge is -2.09. The average molecular weight is 286 g/mol. The first kappa shape index (κ1) is 15.9. The lowest BCUT2D eigenvalue weighted by Crippen LogP contribution is -2.18. The molecule has 5 nitrogen and oxygen atoms in total. The van der Waals surface area contributed by atoms with Crippen LogP contribution in [0.15, 0.2) is 29.2 Å². The second-order valence-corrected chi connectivity index (χ2v) is 6.51. The first-order valence-corrected chi connectivity index (χ1v) is 7.79. The molecule has 6 heteroatoms. The summed E-state index contributed by atoms with van der Waals surface area (Å²) in [5.74, 6) is 0.533. The molecule has 0 aliphatic rings. The molecule has 19 heavy (non-hydrogen) atoms.